The van der Waals surface area contributed by atoms with E-state index in [1.807, 2.05) is 19.1 Å². The van der Waals surface area contributed by atoms with Crippen LogP contribution in [0.3, 0.4) is 0 Å². The van der Waals surface area contributed by atoms with Crippen molar-refractivity contribution in [3.8, 4) is 0 Å². The number of hydrogen-bond donors (Lipinski definition) is 1. The van der Waals surface area contributed by atoms with Crippen LogP contribution in [0.4, 0.5) is 10.2 Å². The zero-order valence-electron chi connectivity index (χ0n) is 16.1. The molecule has 0 radical (unpaired) electrons. The topological polar surface area (TPSA) is 89.4 Å². The van der Waals surface area contributed by atoms with E-state index in [4.69, 9.17) is 4.84 Å². The first-order chi connectivity index (χ1) is 14.1. The fourth-order valence-electron chi connectivity index (χ4n) is 2.54. The number of hydrogen-bond acceptors (Lipinski definition) is 6. The average molecular weight is 393 g/mol. The van der Waals surface area contributed by atoms with E-state index in [0.29, 0.717) is 18.8 Å². The van der Waals surface area contributed by atoms with Crippen molar-refractivity contribution in [2.75, 3.05) is 5.32 Å². The van der Waals surface area contributed by atoms with E-state index in [0.717, 1.165) is 23.0 Å². The Balaban J connectivity index is 1.65. The van der Waals surface area contributed by atoms with Crippen molar-refractivity contribution in [2.45, 2.75) is 26.9 Å². The molecule has 1 N–H and O–H groups in total. The lowest BCUT2D eigenvalue weighted by Crippen LogP contribution is -2.15. The predicted molar refractivity (Wildman–Crippen MR) is 107 cm³/mol. The smallest absolute Gasteiger partial charge is 0.258 e. The summed E-state index contributed by atoms with van der Waals surface area (Å²) in [5.74, 6) is -0.663. The summed E-state index contributed by atoms with van der Waals surface area (Å²) < 4.78 is 13.6. The highest BCUT2D eigenvalue weighted by molar-refractivity contribution is 6.05. The van der Waals surface area contributed by atoms with Crippen molar-refractivity contribution in [1.29, 1.82) is 0 Å². The largest absolute Gasteiger partial charge is 0.391 e. The number of oxime groups is 1. The molecule has 3 aromatic heterocycles. The van der Waals surface area contributed by atoms with E-state index < -0.39 is 11.7 Å². The minimum atomic E-state index is -0.531. The molecule has 148 valence electrons. The summed E-state index contributed by atoms with van der Waals surface area (Å²) >= 11 is 0. The van der Waals surface area contributed by atoms with Gasteiger partial charge in [-0.25, -0.2) is 9.37 Å². The van der Waals surface area contributed by atoms with Crippen LogP contribution in [0.15, 0.2) is 60.4 Å². The van der Waals surface area contributed by atoms with Crippen LogP contribution in [-0.4, -0.2) is 26.6 Å². The van der Waals surface area contributed by atoms with Crippen LogP contribution < -0.4 is 5.32 Å². The molecule has 3 aromatic rings. The predicted octanol–water partition coefficient (Wildman–Crippen LogP) is 3.90. The molecule has 0 bridgehead atoms. The Bertz CT molecular complexity index is 1010. The Morgan fingerprint density at radius 2 is 2.03 bits per heavy atom. The van der Waals surface area contributed by atoms with Gasteiger partial charge in [-0.05, 0) is 31.5 Å². The van der Waals surface area contributed by atoms with Crippen LogP contribution in [0, 0.1) is 12.7 Å². The van der Waals surface area contributed by atoms with Gasteiger partial charge in [-0.1, -0.05) is 18.1 Å². The van der Waals surface area contributed by atoms with Gasteiger partial charge in [0.05, 0.1) is 17.5 Å². The molecule has 0 aliphatic rings. The monoisotopic (exact) mass is 393 g/mol. The first-order valence-corrected chi connectivity index (χ1v) is 9.04. The third-order valence-electron chi connectivity index (χ3n) is 4.20. The van der Waals surface area contributed by atoms with Gasteiger partial charge < -0.3 is 10.2 Å². The summed E-state index contributed by atoms with van der Waals surface area (Å²) in [4.78, 5) is 29.7. The maximum atomic E-state index is 13.6. The lowest BCUT2D eigenvalue weighted by Gasteiger charge is -2.08. The van der Waals surface area contributed by atoms with Gasteiger partial charge in [-0.2, -0.15) is 0 Å². The highest BCUT2D eigenvalue weighted by Crippen LogP contribution is 2.14. The second-order valence-corrected chi connectivity index (χ2v) is 6.21. The van der Waals surface area contributed by atoms with Crippen molar-refractivity contribution in [3.63, 3.8) is 0 Å². The summed E-state index contributed by atoms with van der Waals surface area (Å²) in [7, 11) is 0. The van der Waals surface area contributed by atoms with Gasteiger partial charge in [0.2, 0.25) is 0 Å². The standard InChI is InChI=1S/C21H20FN5O2/c1-3-19(27-29-13-15-5-4-8-23-9-15)16-6-7-20(25-10-16)26-21(28)17-11-24-12-18(22)14(17)2/h4-12H,3,13H2,1-2H3,(H,25,26,28)/b27-19-. The van der Waals surface area contributed by atoms with Crippen LogP contribution in [0.25, 0.3) is 0 Å². The van der Waals surface area contributed by atoms with Gasteiger partial charge in [0.15, 0.2) is 0 Å². The Morgan fingerprint density at radius 3 is 2.72 bits per heavy atom. The highest BCUT2D eigenvalue weighted by Gasteiger charge is 2.13. The molecular weight excluding hydrogens is 373 g/mol. The molecule has 0 unspecified atom stereocenters. The van der Waals surface area contributed by atoms with Crippen molar-refractivity contribution in [2.24, 2.45) is 5.16 Å². The summed E-state index contributed by atoms with van der Waals surface area (Å²) in [6, 6.07) is 7.18. The van der Waals surface area contributed by atoms with E-state index in [9.17, 15) is 9.18 Å². The molecule has 7 nitrogen and oxygen atoms in total. The lowest BCUT2D eigenvalue weighted by molar-refractivity contribution is 0.102. The number of halogens is 1. The maximum absolute atomic E-state index is 13.6. The second-order valence-electron chi connectivity index (χ2n) is 6.21. The van der Waals surface area contributed by atoms with Crippen LogP contribution >= 0.6 is 0 Å². The molecule has 8 heteroatoms. The summed E-state index contributed by atoms with van der Waals surface area (Å²) in [5.41, 5.74) is 2.82. The van der Waals surface area contributed by atoms with Gasteiger partial charge in [-0.15, -0.1) is 0 Å². The summed E-state index contributed by atoms with van der Waals surface area (Å²) in [5, 5.41) is 6.82. The average Bonchev–Trinajstić information content (AvgIpc) is 2.74. The first kappa shape index (κ1) is 20.1. The lowest BCUT2D eigenvalue weighted by atomic mass is 10.1. The molecule has 0 saturated carbocycles. The van der Waals surface area contributed by atoms with Gasteiger partial charge in [0.25, 0.3) is 5.91 Å². The number of carbonyl (C=O) groups excluding carboxylic acids is 1. The van der Waals surface area contributed by atoms with Gasteiger partial charge >= 0.3 is 0 Å². The number of amides is 1. The van der Waals surface area contributed by atoms with Gasteiger partial charge in [0, 0.05) is 41.5 Å². The van der Waals surface area contributed by atoms with E-state index in [1.165, 1.54) is 13.1 Å². The van der Waals surface area contributed by atoms with Crippen molar-refractivity contribution >= 4 is 17.4 Å². The van der Waals surface area contributed by atoms with Gasteiger partial charge in [-0.3, -0.25) is 14.8 Å². The Kier molecular flexibility index (Phi) is 6.57. The molecule has 29 heavy (non-hydrogen) atoms. The first-order valence-electron chi connectivity index (χ1n) is 9.04. The summed E-state index contributed by atoms with van der Waals surface area (Å²) in [6.45, 7) is 3.81. The van der Waals surface area contributed by atoms with Gasteiger partial charge in [0.1, 0.15) is 18.2 Å². The second kappa shape index (κ2) is 9.50. The molecule has 0 spiro atoms. The normalized spacial score (nSPS) is 11.2. The molecule has 0 fully saturated rings. The highest BCUT2D eigenvalue weighted by atomic mass is 19.1. The van der Waals surface area contributed by atoms with E-state index in [2.05, 4.69) is 25.4 Å². The fourth-order valence-corrected chi connectivity index (χ4v) is 2.54. The van der Waals surface area contributed by atoms with Crippen molar-refractivity contribution in [3.05, 3.63) is 83.3 Å². The fraction of sp³-hybridized carbons (Fsp3) is 0.190. The molecular formula is C21H20FN5O2. The molecule has 0 atom stereocenters. The Labute approximate surface area is 167 Å². The van der Waals surface area contributed by atoms with E-state index >= 15 is 0 Å². The molecule has 3 rings (SSSR count). The SMILES string of the molecule is CC/C(=N/OCc1cccnc1)c1ccc(NC(=O)c2cncc(F)c2C)nc1. The third kappa shape index (κ3) is 5.19. The van der Waals surface area contributed by atoms with Crippen molar-refractivity contribution < 1.29 is 14.0 Å². The number of aromatic nitrogens is 3. The third-order valence-corrected chi connectivity index (χ3v) is 4.20. The maximum Gasteiger partial charge on any atom is 0.258 e. The molecule has 3 heterocycles. The molecule has 0 saturated heterocycles. The Morgan fingerprint density at radius 1 is 1.17 bits per heavy atom. The number of anilines is 1. The minimum absolute atomic E-state index is 0.162. The molecule has 0 aliphatic carbocycles. The van der Waals surface area contributed by atoms with Crippen molar-refractivity contribution in [1.82, 2.24) is 15.0 Å². The van der Waals surface area contributed by atoms with Crippen LogP contribution in [0.1, 0.15) is 40.4 Å². The number of rotatable bonds is 7. The molecule has 0 aliphatic heterocycles. The number of carbonyl (C=O) groups is 1. The van der Waals surface area contributed by atoms with Crippen LogP contribution in [0.5, 0.6) is 0 Å². The quantitative estimate of drug-likeness (QED) is 0.486. The minimum Gasteiger partial charge on any atom is -0.391 e. The zero-order valence-corrected chi connectivity index (χ0v) is 16.1. The number of nitrogens with one attached hydrogen (secondary N) is 1. The van der Waals surface area contributed by atoms with E-state index in [-0.39, 0.29) is 11.1 Å². The number of pyridine rings is 3. The number of nitrogens with zero attached hydrogens (tertiary/aromatic N) is 4. The summed E-state index contributed by atoms with van der Waals surface area (Å²) in [6.07, 6.45) is 8.06. The molecule has 0 aromatic carbocycles. The van der Waals surface area contributed by atoms with E-state index in [1.54, 1.807) is 30.7 Å². The Hall–Kier alpha value is -3.68. The van der Waals surface area contributed by atoms with Crippen LogP contribution in [-0.2, 0) is 11.4 Å². The van der Waals surface area contributed by atoms with Crippen LogP contribution in [0.2, 0.25) is 0 Å². The molecule has 1 amide bonds. The zero-order chi connectivity index (χ0) is 20.6.